The maximum atomic E-state index is 11.8. The molecule has 2 aliphatic heterocycles. The number of aliphatic hydroxyl groups is 1. The summed E-state index contributed by atoms with van der Waals surface area (Å²) in [5.74, 6) is -2.25. The molecule has 0 radical (unpaired) electrons. The van der Waals surface area contributed by atoms with Crippen LogP contribution in [-0.4, -0.2) is 145 Å². The maximum absolute atomic E-state index is 11.8. The van der Waals surface area contributed by atoms with Crippen LogP contribution in [0, 0.1) is 0 Å². The molecule has 46 heavy (non-hydrogen) atoms. The third-order valence-electron chi connectivity index (χ3n) is 5.31. The molecule has 0 bridgehead atoms. The second-order valence-corrected chi connectivity index (χ2v) is 12.3. The fourth-order valence-corrected chi connectivity index (χ4v) is 5.74. The summed E-state index contributed by atoms with van der Waals surface area (Å²) >= 11 is 0. The second-order valence-electron chi connectivity index (χ2n) is 8.04. The summed E-state index contributed by atoms with van der Waals surface area (Å²) in [5.41, 5.74) is 0. The Morgan fingerprint density at radius 3 is 1.63 bits per heavy atom. The first kappa shape index (κ1) is 53.1. The molecular weight excluding hydrogens is 770 g/mol. The maximum Gasteiger partial charge on any atom is 1.00 e. The number of carboxylic acids is 1. The van der Waals surface area contributed by atoms with Gasteiger partial charge >= 0.3 is 118 Å². The first-order chi connectivity index (χ1) is 19.0. The fraction of sp³-hybridized carbons (Fsp3) is 0.929. The van der Waals surface area contributed by atoms with Gasteiger partial charge in [0.05, 0.1) is 12.6 Å². The molecule has 0 aromatic carbocycles. The zero-order chi connectivity index (χ0) is 32.4. The molecule has 32 heteroatoms. The van der Waals surface area contributed by atoms with E-state index < -0.39 is 115 Å². The minimum absolute atomic E-state index is 0. The van der Waals surface area contributed by atoms with Crippen molar-refractivity contribution in [3.05, 3.63) is 0 Å². The number of hydrogen-bond donors (Lipinski definition) is 2. The van der Waals surface area contributed by atoms with Gasteiger partial charge in [0.25, 0.3) is 0 Å². The van der Waals surface area contributed by atoms with Gasteiger partial charge in [0.2, 0.25) is 31.2 Å². The summed E-state index contributed by atoms with van der Waals surface area (Å²) in [6.45, 7) is -1.40. The van der Waals surface area contributed by atoms with Gasteiger partial charge in [0, 0.05) is 14.2 Å². The van der Waals surface area contributed by atoms with Gasteiger partial charge in [-0.2, -0.15) is 0 Å². The minimum atomic E-state index is -5.87. The molecule has 2 saturated heterocycles. The van der Waals surface area contributed by atoms with Crippen molar-refractivity contribution in [2.24, 2.45) is 0 Å². The number of aliphatic carboxylic acids is 1. The molecule has 24 nitrogen and oxygen atoms in total. The molecule has 2 fully saturated rings. The van der Waals surface area contributed by atoms with E-state index in [-0.39, 0.29) is 118 Å². The average molecular weight is 791 g/mol. The molecular formula is C14H20NNa4O23S4-. The molecule has 0 amide bonds. The Kier molecular flexibility index (Phi) is 24.7. The predicted octanol–water partition coefficient (Wildman–Crippen LogP) is -19.8. The number of ether oxygens (including phenoxy) is 5. The number of hydrogen-bond acceptors (Lipinski definition) is 23. The van der Waals surface area contributed by atoms with Crippen LogP contribution in [0.15, 0.2) is 0 Å². The largest absolute Gasteiger partial charge is 1.00 e. The van der Waals surface area contributed by atoms with Crippen LogP contribution in [0.5, 0.6) is 0 Å². The SMILES string of the molecule is COC1OC(C(=O)[O-])C(OC2OC(COS(=O)(=O)[O-])C(OC)C(OS(=O)(=O)[O-])C2NS(=O)(=O)[O-])C(O)C1OS(=O)(=O)[O-].[Na+].[Na+].[Na+].[Na+]. The molecule has 2 N–H and O–H groups in total. The van der Waals surface area contributed by atoms with E-state index in [0.29, 0.717) is 0 Å². The third kappa shape index (κ3) is 17.0. The number of nitrogens with one attached hydrogen (secondary N) is 1. The summed E-state index contributed by atoms with van der Waals surface area (Å²) in [7, 11) is -21.3. The quantitative estimate of drug-likeness (QED) is 0.0937. The number of carbonyl (C=O) groups excluding carboxylic acids is 1. The van der Waals surface area contributed by atoms with Gasteiger partial charge in [-0.25, -0.2) is 38.4 Å². The molecule has 0 aromatic heterocycles. The van der Waals surface area contributed by atoms with E-state index >= 15 is 0 Å². The Hall–Kier alpha value is 2.71. The van der Waals surface area contributed by atoms with Gasteiger partial charge in [-0.1, -0.05) is 0 Å². The van der Waals surface area contributed by atoms with Gasteiger partial charge < -0.3 is 56.9 Å². The third-order valence-corrected chi connectivity index (χ3v) is 7.21. The first-order valence-corrected chi connectivity index (χ1v) is 15.9. The van der Waals surface area contributed by atoms with Crippen molar-refractivity contribution < 1.29 is 221 Å². The number of carboxylic acid groups (broad SMARTS) is 1. The van der Waals surface area contributed by atoms with E-state index in [2.05, 4.69) is 17.3 Å². The Morgan fingerprint density at radius 1 is 0.739 bits per heavy atom. The van der Waals surface area contributed by atoms with E-state index in [9.17, 15) is 66.9 Å². The van der Waals surface area contributed by atoms with Gasteiger partial charge in [-0.3, -0.25) is 12.5 Å². The van der Waals surface area contributed by atoms with Crippen molar-refractivity contribution in [2.45, 2.75) is 61.3 Å². The smallest absolute Gasteiger partial charge is 0.735 e. The van der Waals surface area contributed by atoms with E-state index in [1.807, 2.05) is 0 Å². The van der Waals surface area contributed by atoms with Crippen LogP contribution < -0.4 is 128 Å². The molecule has 2 rings (SSSR count). The van der Waals surface area contributed by atoms with Crippen LogP contribution in [0.2, 0.25) is 0 Å². The Labute approximate surface area is 351 Å². The average Bonchev–Trinajstić information content (AvgIpc) is 2.79. The number of aliphatic hydroxyl groups excluding tert-OH is 1. The summed E-state index contributed by atoms with van der Waals surface area (Å²) in [5, 5.41) is 22.4. The number of carbonyl (C=O) groups is 1. The zero-order valence-corrected chi connectivity index (χ0v) is 35.8. The first-order valence-electron chi connectivity index (χ1n) is 10.5. The summed E-state index contributed by atoms with van der Waals surface area (Å²) in [6, 6.07) is -2.56. The Balaban J connectivity index is -0.00000462. The Morgan fingerprint density at radius 2 is 1.24 bits per heavy atom. The van der Waals surface area contributed by atoms with E-state index in [1.54, 1.807) is 0 Å². The molecule has 0 spiro atoms. The summed E-state index contributed by atoms with van der Waals surface area (Å²) in [6.07, 6.45) is -21.6. The van der Waals surface area contributed by atoms with Crippen molar-refractivity contribution in [1.82, 2.24) is 4.72 Å². The minimum Gasteiger partial charge on any atom is -0.735 e. The topological polar surface area (TPSA) is 375 Å². The van der Waals surface area contributed by atoms with Gasteiger partial charge in [0.1, 0.15) is 42.7 Å². The molecule has 0 aliphatic carbocycles. The molecule has 10 atom stereocenters. The van der Waals surface area contributed by atoms with Crippen LogP contribution in [0.3, 0.4) is 0 Å². The van der Waals surface area contributed by atoms with Crippen LogP contribution in [-0.2, 0) is 82.5 Å². The predicted molar refractivity (Wildman–Crippen MR) is 112 cm³/mol. The van der Waals surface area contributed by atoms with Crippen molar-refractivity contribution in [2.75, 3.05) is 20.8 Å². The molecule has 2 heterocycles. The van der Waals surface area contributed by atoms with Gasteiger partial charge in [-0.15, -0.1) is 0 Å². The summed E-state index contributed by atoms with van der Waals surface area (Å²) in [4.78, 5) is 11.8. The van der Waals surface area contributed by atoms with Crippen molar-refractivity contribution in [1.29, 1.82) is 0 Å². The van der Waals surface area contributed by atoms with Crippen molar-refractivity contribution in [3.63, 3.8) is 0 Å². The van der Waals surface area contributed by atoms with E-state index in [1.165, 1.54) is 4.72 Å². The zero-order valence-electron chi connectivity index (χ0n) is 24.5. The summed E-state index contributed by atoms with van der Waals surface area (Å²) < 4.78 is 174. The van der Waals surface area contributed by atoms with E-state index in [4.69, 9.17) is 18.9 Å². The molecule has 2 aliphatic rings. The second kappa shape index (κ2) is 21.4. The normalized spacial score (nSPS) is 32.1. The van der Waals surface area contributed by atoms with Crippen LogP contribution >= 0.6 is 0 Å². The van der Waals surface area contributed by atoms with Gasteiger partial charge in [0.15, 0.2) is 29.0 Å². The van der Waals surface area contributed by atoms with Crippen LogP contribution in [0.25, 0.3) is 0 Å². The monoisotopic (exact) mass is 790 g/mol. The van der Waals surface area contributed by atoms with E-state index in [0.717, 1.165) is 14.2 Å². The number of methoxy groups -OCH3 is 2. The van der Waals surface area contributed by atoms with Gasteiger partial charge in [-0.05, 0) is 0 Å². The number of rotatable bonds is 14. The Bertz CT molecular complexity index is 1400. The van der Waals surface area contributed by atoms with Crippen LogP contribution in [0.4, 0.5) is 0 Å². The van der Waals surface area contributed by atoms with Crippen molar-refractivity contribution >= 4 is 47.5 Å². The van der Waals surface area contributed by atoms with Crippen LogP contribution in [0.1, 0.15) is 0 Å². The molecule has 0 aromatic rings. The molecule has 248 valence electrons. The molecule has 0 saturated carbocycles. The molecule has 10 unspecified atom stereocenters. The standard InChI is InChI=1S/C14H25NO23S4.4Na/c1-31-7-4(3-33-40(22,23)24)34-13(5(15-39(19,20)21)8(7)37-41(25,26)27)35-9-6(16)10(38-42(28,29)30)14(32-2)36-11(9)12(17)18;;;;/h4-11,13-16H,3H2,1-2H3,(H,17,18)(H,19,20,21)(H,22,23,24)(H,25,26,27)(H,28,29,30);;;;/q;4*+1/p-5. The fourth-order valence-electron chi connectivity index (χ4n) is 3.88. The van der Waals surface area contributed by atoms with Crippen molar-refractivity contribution in [3.8, 4) is 0 Å².